The van der Waals surface area contributed by atoms with Crippen LogP contribution in [0.1, 0.15) is 32.8 Å². The number of para-hydroxylation sites is 1. The molecule has 1 aliphatic rings. The van der Waals surface area contributed by atoms with E-state index in [0.29, 0.717) is 13.2 Å². The van der Waals surface area contributed by atoms with Crippen LogP contribution in [0.3, 0.4) is 0 Å². The average Bonchev–Trinajstić information content (AvgIpc) is 2.58. The van der Waals surface area contributed by atoms with E-state index in [4.69, 9.17) is 4.74 Å². The highest BCUT2D eigenvalue weighted by molar-refractivity contribution is 5.74. The highest BCUT2D eigenvalue weighted by Gasteiger charge is 2.25. The Balaban J connectivity index is 1.90. The molecular formula is C19H31N3O2. The molecule has 1 N–H and O–H groups in total. The fourth-order valence-electron chi connectivity index (χ4n) is 3.06. The molecule has 0 aromatic heterocycles. The summed E-state index contributed by atoms with van der Waals surface area (Å²) in [5, 5.41) is 2.97. The number of nitrogens with one attached hydrogen (secondary N) is 1. The van der Waals surface area contributed by atoms with Crippen LogP contribution in [-0.4, -0.2) is 57.4 Å². The van der Waals surface area contributed by atoms with Crippen molar-refractivity contribution in [3.8, 4) is 0 Å². The molecule has 0 aliphatic carbocycles. The smallest absolute Gasteiger partial charge is 0.317 e. The van der Waals surface area contributed by atoms with Crippen LogP contribution in [0.2, 0.25) is 0 Å². The third-order valence-corrected chi connectivity index (χ3v) is 4.42. The van der Waals surface area contributed by atoms with Crippen molar-refractivity contribution in [2.75, 3.05) is 51.3 Å². The van der Waals surface area contributed by atoms with E-state index in [1.54, 1.807) is 7.11 Å². The van der Waals surface area contributed by atoms with Crippen molar-refractivity contribution in [3.05, 3.63) is 29.8 Å². The summed E-state index contributed by atoms with van der Waals surface area (Å²) in [6.07, 6.45) is 0.848. The summed E-state index contributed by atoms with van der Waals surface area (Å²) in [6, 6.07) is 8.65. The van der Waals surface area contributed by atoms with E-state index < -0.39 is 0 Å². The Kier molecular flexibility index (Phi) is 6.49. The number of benzene rings is 1. The minimum atomic E-state index is 0.0369. The van der Waals surface area contributed by atoms with Gasteiger partial charge in [-0.05, 0) is 23.5 Å². The second-order valence-corrected chi connectivity index (χ2v) is 7.32. The molecule has 0 unspecified atom stereocenters. The van der Waals surface area contributed by atoms with Gasteiger partial charge in [-0.25, -0.2) is 4.79 Å². The zero-order valence-electron chi connectivity index (χ0n) is 15.5. The second kappa shape index (κ2) is 8.38. The molecule has 0 atom stereocenters. The first-order chi connectivity index (χ1) is 11.4. The standard InChI is InChI=1S/C19H31N3O2/c1-19(2,3)16-8-5-6-9-17(16)21-11-13-22(14-12-21)18(23)20-10-7-15-24-4/h5-6,8-9H,7,10-15H2,1-4H3,(H,20,23). The lowest BCUT2D eigenvalue weighted by atomic mass is 9.85. The van der Waals surface area contributed by atoms with Crippen LogP contribution in [0.15, 0.2) is 24.3 Å². The van der Waals surface area contributed by atoms with E-state index in [1.165, 1.54) is 11.3 Å². The van der Waals surface area contributed by atoms with E-state index in [1.807, 2.05) is 4.90 Å². The van der Waals surface area contributed by atoms with E-state index in [2.05, 4.69) is 55.3 Å². The van der Waals surface area contributed by atoms with Crippen LogP contribution in [0.5, 0.6) is 0 Å². The predicted octanol–water partition coefficient (Wildman–Crippen LogP) is 2.85. The van der Waals surface area contributed by atoms with Gasteiger partial charge < -0.3 is 19.9 Å². The van der Waals surface area contributed by atoms with Gasteiger partial charge in [-0.3, -0.25) is 0 Å². The van der Waals surface area contributed by atoms with Crippen LogP contribution in [-0.2, 0) is 10.2 Å². The van der Waals surface area contributed by atoms with Gasteiger partial charge in [-0.2, -0.15) is 0 Å². The summed E-state index contributed by atoms with van der Waals surface area (Å²) < 4.78 is 5.00. The Bertz CT molecular complexity index is 532. The van der Waals surface area contributed by atoms with Gasteiger partial charge in [0.1, 0.15) is 0 Å². The van der Waals surface area contributed by atoms with E-state index in [0.717, 1.165) is 32.6 Å². The van der Waals surface area contributed by atoms with E-state index in [9.17, 15) is 4.79 Å². The summed E-state index contributed by atoms with van der Waals surface area (Å²) in [5.41, 5.74) is 2.78. The van der Waals surface area contributed by atoms with Gasteiger partial charge >= 0.3 is 6.03 Å². The molecule has 1 aromatic carbocycles. The van der Waals surface area contributed by atoms with Gasteiger partial charge in [0.05, 0.1) is 0 Å². The van der Waals surface area contributed by atoms with Gasteiger partial charge in [-0.1, -0.05) is 39.0 Å². The SMILES string of the molecule is COCCCNC(=O)N1CCN(c2ccccc2C(C)(C)C)CC1. The number of methoxy groups -OCH3 is 1. The minimum absolute atomic E-state index is 0.0369. The maximum absolute atomic E-state index is 12.2. The largest absolute Gasteiger partial charge is 0.385 e. The molecule has 0 saturated carbocycles. The molecule has 5 nitrogen and oxygen atoms in total. The summed E-state index contributed by atoms with van der Waals surface area (Å²) in [4.78, 5) is 16.5. The lowest BCUT2D eigenvalue weighted by Crippen LogP contribution is -2.52. The minimum Gasteiger partial charge on any atom is -0.385 e. The Hall–Kier alpha value is -1.75. The number of anilines is 1. The Morgan fingerprint density at radius 1 is 1.17 bits per heavy atom. The van der Waals surface area contributed by atoms with Crippen LogP contribution in [0.4, 0.5) is 10.5 Å². The first kappa shape index (κ1) is 18.6. The third-order valence-electron chi connectivity index (χ3n) is 4.42. The van der Waals surface area contributed by atoms with E-state index >= 15 is 0 Å². The van der Waals surface area contributed by atoms with Crippen LogP contribution in [0, 0.1) is 0 Å². The summed E-state index contributed by atoms with van der Waals surface area (Å²) in [7, 11) is 1.68. The number of piperazine rings is 1. The van der Waals surface area contributed by atoms with Crippen molar-refractivity contribution in [3.63, 3.8) is 0 Å². The highest BCUT2D eigenvalue weighted by atomic mass is 16.5. The van der Waals surface area contributed by atoms with Gasteiger partial charge in [0.15, 0.2) is 0 Å². The fraction of sp³-hybridized carbons (Fsp3) is 0.632. The lowest BCUT2D eigenvalue weighted by Gasteiger charge is -2.38. The molecule has 1 aromatic rings. The first-order valence-corrected chi connectivity index (χ1v) is 8.79. The molecule has 1 heterocycles. The Morgan fingerprint density at radius 3 is 2.46 bits per heavy atom. The number of ether oxygens (including phenoxy) is 1. The van der Waals surface area contributed by atoms with Crippen LogP contribution < -0.4 is 10.2 Å². The number of nitrogens with zero attached hydrogens (tertiary/aromatic N) is 2. The molecule has 2 rings (SSSR count). The number of amides is 2. The Labute approximate surface area is 146 Å². The number of hydrogen-bond donors (Lipinski definition) is 1. The number of carbonyl (C=O) groups excluding carboxylic acids is 1. The molecule has 24 heavy (non-hydrogen) atoms. The molecule has 2 amide bonds. The molecule has 1 aliphatic heterocycles. The topological polar surface area (TPSA) is 44.8 Å². The number of rotatable bonds is 5. The molecule has 5 heteroatoms. The molecular weight excluding hydrogens is 302 g/mol. The highest BCUT2D eigenvalue weighted by Crippen LogP contribution is 2.32. The van der Waals surface area contributed by atoms with Gasteiger partial charge in [0.2, 0.25) is 0 Å². The number of carbonyl (C=O) groups is 1. The van der Waals surface area contributed by atoms with E-state index in [-0.39, 0.29) is 11.4 Å². The summed E-state index contributed by atoms with van der Waals surface area (Å²) in [6.45, 7) is 11.3. The van der Waals surface area contributed by atoms with Crippen molar-refractivity contribution in [2.45, 2.75) is 32.6 Å². The van der Waals surface area contributed by atoms with Crippen molar-refractivity contribution in [1.29, 1.82) is 0 Å². The molecule has 0 bridgehead atoms. The van der Waals surface area contributed by atoms with Gasteiger partial charge in [-0.15, -0.1) is 0 Å². The monoisotopic (exact) mass is 333 g/mol. The first-order valence-electron chi connectivity index (χ1n) is 8.79. The number of urea groups is 1. The molecule has 0 spiro atoms. The van der Waals surface area contributed by atoms with Crippen LogP contribution in [0.25, 0.3) is 0 Å². The Morgan fingerprint density at radius 2 is 1.83 bits per heavy atom. The van der Waals surface area contributed by atoms with Crippen LogP contribution >= 0.6 is 0 Å². The lowest BCUT2D eigenvalue weighted by molar-refractivity contribution is 0.183. The quantitative estimate of drug-likeness (QED) is 0.843. The molecule has 1 fully saturated rings. The van der Waals surface area contributed by atoms with Crippen molar-refractivity contribution in [1.82, 2.24) is 10.2 Å². The zero-order chi connectivity index (χ0) is 17.6. The number of hydrogen-bond acceptors (Lipinski definition) is 3. The fourth-order valence-corrected chi connectivity index (χ4v) is 3.06. The maximum atomic E-state index is 12.2. The molecule has 0 radical (unpaired) electrons. The zero-order valence-corrected chi connectivity index (χ0v) is 15.5. The summed E-state index contributed by atoms with van der Waals surface area (Å²) in [5.74, 6) is 0. The molecule has 134 valence electrons. The summed E-state index contributed by atoms with van der Waals surface area (Å²) >= 11 is 0. The average molecular weight is 333 g/mol. The van der Waals surface area contributed by atoms with Crippen molar-refractivity contribution in [2.24, 2.45) is 0 Å². The maximum Gasteiger partial charge on any atom is 0.317 e. The molecule has 1 saturated heterocycles. The van der Waals surface area contributed by atoms with Gasteiger partial charge in [0, 0.05) is 52.1 Å². The normalized spacial score (nSPS) is 15.5. The third kappa shape index (κ3) is 4.87. The second-order valence-electron chi connectivity index (χ2n) is 7.32. The van der Waals surface area contributed by atoms with Gasteiger partial charge in [0.25, 0.3) is 0 Å². The van der Waals surface area contributed by atoms with Crippen molar-refractivity contribution >= 4 is 11.7 Å². The predicted molar refractivity (Wildman–Crippen MR) is 98.8 cm³/mol. The van der Waals surface area contributed by atoms with Crippen molar-refractivity contribution < 1.29 is 9.53 Å².